The van der Waals surface area contributed by atoms with Crippen LogP contribution in [0.25, 0.3) is 0 Å². The van der Waals surface area contributed by atoms with Crippen LogP contribution in [0.5, 0.6) is 0 Å². The first-order chi connectivity index (χ1) is 9.18. The number of nitrogens with zero attached hydrogens (tertiary/aromatic N) is 1. The van der Waals surface area contributed by atoms with Gasteiger partial charge in [0.05, 0.1) is 10.6 Å². The molecule has 0 radical (unpaired) electrons. The molecule has 0 aliphatic carbocycles. The van der Waals surface area contributed by atoms with E-state index in [0.717, 1.165) is 12.0 Å². The molecule has 0 atom stereocenters. The van der Waals surface area contributed by atoms with Gasteiger partial charge in [0.15, 0.2) is 0 Å². The first-order valence-corrected chi connectivity index (χ1v) is 6.27. The van der Waals surface area contributed by atoms with E-state index in [-0.39, 0.29) is 5.91 Å². The van der Waals surface area contributed by atoms with Gasteiger partial charge in [0, 0.05) is 24.6 Å². The first kappa shape index (κ1) is 13.4. The van der Waals surface area contributed by atoms with Crippen molar-refractivity contribution in [1.82, 2.24) is 10.3 Å². The van der Waals surface area contributed by atoms with Crippen molar-refractivity contribution in [3.05, 3.63) is 58.9 Å². The van der Waals surface area contributed by atoms with Gasteiger partial charge in [-0.05, 0) is 36.2 Å². The minimum absolute atomic E-state index is 0.253. The van der Waals surface area contributed by atoms with Gasteiger partial charge in [-0.25, -0.2) is 0 Å². The fourth-order valence-corrected chi connectivity index (χ4v) is 2.01. The van der Waals surface area contributed by atoms with Crippen LogP contribution in [0.1, 0.15) is 15.9 Å². The molecule has 1 aromatic carbocycles. The van der Waals surface area contributed by atoms with Gasteiger partial charge in [0.25, 0.3) is 5.91 Å². The molecule has 0 bridgehead atoms. The molecule has 0 aliphatic rings. The molecule has 2 rings (SSSR count). The van der Waals surface area contributed by atoms with Crippen LogP contribution in [0.2, 0.25) is 5.02 Å². The van der Waals surface area contributed by atoms with Crippen LogP contribution in [-0.2, 0) is 6.42 Å². The van der Waals surface area contributed by atoms with Crippen molar-refractivity contribution < 1.29 is 4.79 Å². The number of nitrogen functional groups attached to an aromatic ring is 1. The number of hydrogen-bond donors (Lipinski definition) is 2. The molecule has 1 amide bonds. The molecule has 4 nitrogen and oxygen atoms in total. The van der Waals surface area contributed by atoms with Gasteiger partial charge in [-0.2, -0.15) is 0 Å². The van der Waals surface area contributed by atoms with E-state index in [1.165, 1.54) is 0 Å². The summed E-state index contributed by atoms with van der Waals surface area (Å²) >= 11 is 5.97. The normalized spacial score (nSPS) is 10.2. The lowest BCUT2D eigenvalue weighted by Gasteiger charge is -2.09. The standard InChI is InChI=1S/C14H14ClN3O/c15-11-2-1-3-12(16)13(11)14(19)18-9-6-10-4-7-17-8-5-10/h1-5,7-8H,6,9,16H2,(H,18,19). The van der Waals surface area contributed by atoms with E-state index in [4.69, 9.17) is 17.3 Å². The van der Waals surface area contributed by atoms with Crippen molar-refractivity contribution >= 4 is 23.2 Å². The summed E-state index contributed by atoms with van der Waals surface area (Å²) in [4.78, 5) is 15.9. The number of carbonyl (C=O) groups is 1. The number of amides is 1. The third-order valence-electron chi connectivity index (χ3n) is 2.72. The molecule has 3 N–H and O–H groups in total. The molecular weight excluding hydrogens is 262 g/mol. The van der Waals surface area contributed by atoms with E-state index >= 15 is 0 Å². The lowest BCUT2D eigenvalue weighted by Crippen LogP contribution is -2.26. The summed E-state index contributed by atoms with van der Waals surface area (Å²) in [5, 5.41) is 3.17. The van der Waals surface area contributed by atoms with Gasteiger partial charge in [0.2, 0.25) is 0 Å². The molecular formula is C14H14ClN3O. The zero-order chi connectivity index (χ0) is 13.7. The molecule has 0 aliphatic heterocycles. The Labute approximate surface area is 116 Å². The summed E-state index contributed by atoms with van der Waals surface area (Å²) in [6.07, 6.45) is 4.19. The summed E-state index contributed by atoms with van der Waals surface area (Å²) in [5.74, 6) is -0.253. The highest BCUT2D eigenvalue weighted by Crippen LogP contribution is 2.21. The highest BCUT2D eigenvalue weighted by Gasteiger charge is 2.12. The van der Waals surface area contributed by atoms with E-state index in [0.29, 0.717) is 22.8 Å². The summed E-state index contributed by atoms with van der Waals surface area (Å²) in [6.45, 7) is 0.521. The third kappa shape index (κ3) is 3.45. The van der Waals surface area contributed by atoms with Crippen LogP contribution in [0, 0.1) is 0 Å². The molecule has 0 saturated heterocycles. The number of anilines is 1. The van der Waals surface area contributed by atoms with Gasteiger partial charge < -0.3 is 11.1 Å². The minimum Gasteiger partial charge on any atom is -0.398 e. The number of nitrogens with one attached hydrogen (secondary N) is 1. The summed E-state index contributed by atoms with van der Waals surface area (Å²) in [7, 11) is 0. The van der Waals surface area contributed by atoms with Crippen molar-refractivity contribution in [3.8, 4) is 0 Å². The third-order valence-corrected chi connectivity index (χ3v) is 3.04. The van der Waals surface area contributed by atoms with E-state index in [2.05, 4.69) is 10.3 Å². The molecule has 5 heteroatoms. The number of halogens is 1. The molecule has 1 heterocycles. The molecule has 0 spiro atoms. The zero-order valence-corrected chi connectivity index (χ0v) is 11.0. The van der Waals surface area contributed by atoms with Gasteiger partial charge in [-0.3, -0.25) is 9.78 Å². The highest BCUT2D eigenvalue weighted by atomic mass is 35.5. The topological polar surface area (TPSA) is 68.0 Å². The zero-order valence-electron chi connectivity index (χ0n) is 10.3. The number of aromatic nitrogens is 1. The maximum Gasteiger partial charge on any atom is 0.254 e. The molecule has 0 fully saturated rings. The molecule has 19 heavy (non-hydrogen) atoms. The van der Waals surface area contributed by atoms with Crippen molar-refractivity contribution in [2.45, 2.75) is 6.42 Å². The fourth-order valence-electron chi connectivity index (χ4n) is 1.74. The van der Waals surface area contributed by atoms with Crippen molar-refractivity contribution in [1.29, 1.82) is 0 Å². The minimum atomic E-state index is -0.253. The molecule has 98 valence electrons. The Morgan fingerprint density at radius 2 is 2.00 bits per heavy atom. The fraction of sp³-hybridized carbons (Fsp3) is 0.143. The molecule has 0 unspecified atom stereocenters. The van der Waals surface area contributed by atoms with E-state index in [9.17, 15) is 4.79 Å². The second kappa shape index (κ2) is 6.20. The Kier molecular flexibility index (Phi) is 4.36. The second-order valence-electron chi connectivity index (χ2n) is 4.07. The number of nitrogens with two attached hydrogens (primary N) is 1. The quantitative estimate of drug-likeness (QED) is 0.841. The predicted octanol–water partition coefficient (Wildman–Crippen LogP) is 2.29. The molecule has 2 aromatic rings. The van der Waals surface area contributed by atoms with Crippen molar-refractivity contribution in [3.63, 3.8) is 0 Å². The number of rotatable bonds is 4. The van der Waals surface area contributed by atoms with E-state index in [1.807, 2.05) is 12.1 Å². The molecule has 1 aromatic heterocycles. The average Bonchev–Trinajstić information content (AvgIpc) is 2.40. The Bertz CT molecular complexity index is 552. The van der Waals surface area contributed by atoms with Crippen LogP contribution >= 0.6 is 11.6 Å². The van der Waals surface area contributed by atoms with Crippen LogP contribution in [-0.4, -0.2) is 17.4 Å². The summed E-state index contributed by atoms with van der Waals surface area (Å²) < 4.78 is 0. The van der Waals surface area contributed by atoms with E-state index < -0.39 is 0 Å². The van der Waals surface area contributed by atoms with Gasteiger partial charge in [-0.1, -0.05) is 17.7 Å². The molecule has 0 saturated carbocycles. The SMILES string of the molecule is Nc1cccc(Cl)c1C(=O)NCCc1ccncc1. The number of hydrogen-bond acceptors (Lipinski definition) is 3. The highest BCUT2D eigenvalue weighted by molar-refractivity contribution is 6.34. The van der Waals surface area contributed by atoms with Crippen LogP contribution in [0.3, 0.4) is 0 Å². The summed E-state index contributed by atoms with van der Waals surface area (Å²) in [6, 6.07) is 8.84. The van der Waals surface area contributed by atoms with Crippen LogP contribution in [0.15, 0.2) is 42.7 Å². The second-order valence-corrected chi connectivity index (χ2v) is 4.47. The Hall–Kier alpha value is -2.07. The lowest BCUT2D eigenvalue weighted by molar-refractivity contribution is 0.0955. The maximum atomic E-state index is 12.0. The Morgan fingerprint density at radius 1 is 1.26 bits per heavy atom. The number of carbonyl (C=O) groups excluding carboxylic acids is 1. The Balaban J connectivity index is 1.95. The largest absolute Gasteiger partial charge is 0.398 e. The van der Waals surface area contributed by atoms with Crippen molar-refractivity contribution in [2.75, 3.05) is 12.3 Å². The smallest absolute Gasteiger partial charge is 0.254 e. The number of pyridine rings is 1. The number of benzene rings is 1. The van der Waals surface area contributed by atoms with Crippen LogP contribution < -0.4 is 11.1 Å². The van der Waals surface area contributed by atoms with Gasteiger partial charge in [0.1, 0.15) is 0 Å². The first-order valence-electron chi connectivity index (χ1n) is 5.89. The van der Waals surface area contributed by atoms with Gasteiger partial charge >= 0.3 is 0 Å². The van der Waals surface area contributed by atoms with Crippen molar-refractivity contribution in [2.24, 2.45) is 0 Å². The lowest BCUT2D eigenvalue weighted by atomic mass is 10.1. The predicted molar refractivity (Wildman–Crippen MR) is 76.1 cm³/mol. The van der Waals surface area contributed by atoms with Gasteiger partial charge in [-0.15, -0.1) is 0 Å². The Morgan fingerprint density at radius 3 is 2.68 bits per heavy atom. The van der Waals surface area contributed by atoms with E-state index in [1.54, 1.807) is 30.6 Å². The average molecular weight is 276 g/mol. The van der Waals surface area contributed by atoms with Crippen LogP contribution in [0.4, 0.5) is 5.69 Å². The summed E-state index contributed by atoms with van der Waals surface area (Å²) in [5.41, 5.74) is 7.58. The maximum absolute atomic E-state index is 12.0. The monoisotopic (exact) mass is 275 g/mol.